The van der Waals surface area contributed by atoms with E-state index < -0.39 is 12.6 Å². The van der Waals surface area contributed by atoms with Crippen LogP contribution in [-0.2, 0) is 21.4 Å². The van der Waals surface area contributed by atoms with Crippen molar-refractivity contribution in [2.24, 2.45) is 0 Å². The molecule has 2 rings (SSSR count). The van der Waals surface area contributed by atoms with Gasteiger partial charge in [-0.1, -0.05) is 32.4 Å². The van der Waals surface area contributed by atoms with E-state index in [2.05, 4.69) is 31.1 Å². The Bertz CT molecular complexity index is 783. The third kappa shape index (κ3) is 5.72. The van der Waals surface area contributed by atoms with Crippen LogP contribution >= 0.6 is 22.9 Å². The van der Waals surface area contributed by atoms with E-state index >= 15 is 0 Å². The van der Waals surface area contributed by atoms with Gasteiger partial charge in [0.25, 0.3) is 0 Å². The number of anilines is 1. The molecule has 2 aromatic rings. The molecule has 0 saturated carbocycles. The molecule has 0 bridgehead atoms. The third-order valence-electron chi connectivity index (χ3n) is 3.10. The van der Waals surface area contributed by atoms with Gasteiger partial charge in [0.15, 0.2) is 6.61 Å². The van der Waals surface area contributed by atoms with Crippen LogP contribution in [0.4, 0.5) is 5.69 Å². The van der Waals surface area contributed by atoms with Crippen molar-refractivity contribution in [1.82, 2.24) is 4.98 Å². The molecule has 1 heterocycles. The smallest absolute Gasteiger partial charge is 0.341 e. The lowest BCUT2D eigenvalue weighted by Gasteiger charge is -2.13. The summed E-state index contributed by atoms with van der Waals surface area (Å²) in [5.74, 6) is -1.05. The number of nitrogens with zero attached hydrogens (tertiary/aromatic N) is 1. The lowest BCUT2D eigenvalue weighted by atomic mass is 9.98. The number of hydrogen-bond donors (Lipinski definition) is 2. The zero-order valence-electron chi connectivity index (χ0n) is 14.1. The molecule has 0 aliphatic rings. The first-order valence-electron chi connectivity index (χ1n) is 7.54. The number of nitrogens with one attached hydrogen (secondary N) is 1. The Morgan fingerprint density at radius 1 is 1.36 bits per heavy atom. The van der Waals surface area contributed by atoms with Crippen molar-refractivity contribution >= 4 is 40.5 Å². The monoisotopic (exact) mass is 382 g/mol. The van der Waals surface area contributed by atoms with Crippen LogP contribution in [0.3, 0.4) is 0 Å². The maximum atomic E-state index is 12.2. The number of halogens is 1. The number of hydrogen-bond acceptors (Lipinski definition) is 5. The van der Waals surface area contributed by atoms with Gasteiger partial charge in [-0.25, -0.2) is 9.78 Å². The number of carbonyl (C=O) groups is 2. The predicted octanol–water partition coefficient (Wildman–Crippen LogP) is 3.74. The van der Waals surface area contributed by atoms with Crippen molar-refractivity contribution in [1.29, 1.82) is 0 Å². The Kier molecular flexibility index (Phi) is 6.02. The number of carboxylic acid groups (broad SMARTS) is 1. The zero-order chi connectivity index (χ0) is 18.6. The molecule has 2 N–H and O–H groups in total. The number of thiazole rings is 1. The average Bonchev–Trinajstić information content (AvgIpc) is 2.94. The molecule has 0 saturated heterocycles. The molecule has 1 aromatic carbocycles. The van der Waals surface area contributed by atoms with Crippen molar-refractivity contribution < 1.29 is 19.4 Å². The van der Waals surface area contributed by atoms with Crippen molar-refractivity contribution in [3.8, 4) is 5.75 Å². The molecule has 134 valence electrons. The summed E-state index contributed by atoms with van der Waals surface area (Å²) in [4.78, 5) is 27.1. The highest BCUT2D eigenvalue weighted by molar-refractivity contribution is 7.09. The first-order chi connectivity index (χ1) is 11.6. The first kappa shape index (κ1) is 19.2. The summed E-state index contributed by atoms with van der Waals surface area (Å²) in [6.07, 6.45) is 0.168. The molecular formula is C17H19ClN2O4S. The molecule has 0 fully saturated rings. The molecule has 25 heavy (non-hydrogen) atoms. The third-order valence-corrected chi connectivity index (χ3v) is 4.71. The Balaban J connectivity index is 1.97. The van der Waals surface area contributed by atoms with Gasteiger partial charge in [0.2, 0.25) is 5.91 Å². The van der Waals surface area contributed by atoms with Gasteiger partial charge in [-0.3, -0.25) is 4.79 Å². The fraction of sp³-hybridized carbons (Fsp3) is 0.353. The van der Waals surface area contributed by atoms with Crippen LogP contribution in [0.5, 0.6) is 5.75 Å². The summed E-state index contributed by atoms with van der Waals surface area (Å²) >= 11 is 7.57. The molecule has 0 radical (unpaired) electrons. The van der Waals surface area contributed by atoms with Crippen LogP contribution in [0.2, 0.25) is 5.02 Å². The summed E-state index contributed by atoms with van der Waals surface area (Å²) in [5, 5.41) is 14.4. The van der Waals surface area contributed by atoms with E-state index in [1.165, 1.54) is 12.1 Å². The quantitative estimate of drug-likeness (QED) is 0.794. The topological polar surface area (TPSA) is 88.5 Å². The number of amides is 1. The van der Waals surface area contributed by atoms with Crippen molar-refractivity contribution in [2.45, 2.75) is 32.6 Å². The van der Waals surface area contributed by atoms with E-state index in [-0.39, 0.29) is 28.5 Å². The highest BCUT2D eigenvalue weighted by Gasteiger charge is 2.19. The van der Waals surface area contributed by atoms with E-state index in [0.29, 0.717) is 5.69 Å². The molecule has 8 heteroatoms. The maximum Gasteiger partial charge on any atom is 0.341 e. The van der Waals surface area contributed by atoms with Crippen LogP contribution in [0.15, 0.2) is 23.6 Å². The van der Waals surface area contributed by atoms with E-state index in [1.54, 1.807) is 17.4 Å². The van der Waals surface area contributed by atoms with Gasteiger partial charge in [0, 0.05) is 16.5 Å². The fourth-order valence-corrected chi connectivity index (χ4v) is 3.08. The minimum absolute atomic E-state index is 0.0430. The zero-order valence-corrected chi connectivity index (χ0v) is 15.7. The highest BCUT2D eigenvalue weighted by Crippen LogP contribution is 2.28. The first-order valence-corrected chi connectivity index (χ1v) is 8.80. The number of benzene rings is 1. The van der Waals surface area contributed by atoms with Crippen LogP contribution in [0.1, 0.15) is 31.5 Å². The molecule has 0 spiro atoms. The van der Waals surface area contributed by atoms with Crippen LogP contribution < -0.4 is 10.1 Å². The molecule has 0 unspecified atom stereocenters. The SMILES string of the molecule is CC(C)(C)c1nc(CC(=O)Nc2ccc(OCC(=O)O)c(Cl)c2)cs1. The molecule has 1 aromatic heterocycles. The Labute approximate surface area is 154 Å². The molecule has 0 aliphatic heterocycles. The van der Waals surface area contributed by atoms with Gasteiger partial charge >= 0.3 is 5.97 Å². The summed E-state index contributed by atoms with van der Waals surface area (Å²) in [6, 6.07) is 4.63. The second kappa shape index (κ2) is 7.84. The van der Waals surface area contributed by atoms with Crippen LogP contribution in [-0.4, -0.2) is 28.6 Å². The summed E-state index contributed by atoms with van der Waals surface area (Å²) in [5.41, 5.74) is 1.18. The largest absolute Gasteiger partial charge is 0.480 e. The standard InChI is InChI=1S/C17H19ClN2O4S/c1-17(2,3)16-20-11(9-25-16)7-14(21)19-10-4-5-13(12(18)6-10)24-8-15(22)23/h4-6,9H,7-8H2,1-3H3,(H,19,21)(H,22,23). The fourth-order valence-electron chi connectivity index (χ4n) is 1.94. The number of carbonyl (C=O) groups excluding carboxylic acids is 1. The molecular weight excluding hydrogens is 364 g/mol. The van der Waals surface area contributed by atoms with Gasteiger partial charge in [0.05, 0.1) is 22.1 Å². The highest BCUT2D eigenvalue weighted by atomic mass is 35.5. The number of carboxylic acids is 1. The second-order valence-electron chi connectivity index (χ2n) is 6.45. The van der Waals surface area contributed by atoms with Crippen molar-refractivity contribution in [3.63, 3.8) is 0 Å². The van der Waals surface area contributed by atoms with Gasteiger partial charge < -0.3 is 15.2 Å². The summed E-state index contributed by atoms with van der Waals surface area (Å²) < 4.78 is 5.04. The van der Waals surface area contributed by atoms with Gasteiger partial charge in [-0.05, 0) is 18.2 Å². The molecule has 6 nitrogen and oxygen atoms in total. The van der Waals surface area contributed by atoms with Crippen molar-refractivity contribution in [2.75, 3.05) is 11.9 Å². The van der Waals surface area contributed by atoms with Gasteiger partial charge in [-0.2, -0.15) is 0 Å². The summed E-state index contributed by atoms with van der Waals surface area (Å²) in [7, 11) is 0. The van der Waals surface area contributed by atoms with Gasteiger partial charge in [0.1, 0.15) is 5.75 Å². The number of aliphatic carboxylic acids is 1. The molecule has 1 amide bonds. The van der Waals surface area contributed by atoms with Crippen LogP contribution in [0, 0.1) is 0 Å². The van der Waals surface area contributed by atoms with E-state index in [4.69, 9.17) is 21.4 Å². The number of aromatic nitrogens is 1. The lowest BCUT2D eigenvalue weighted by Crippen LogP contribution is -2.16. The maximum absolute atomic E-state index is 12.2. The number of ether oxygens (including phenoxy) is 1. The molecule has 0 atom stereocenters. The minimum atomic E-state index is -1.09. The Morgan fingerprint density at radius 3 is 2.64 bits per heavy atom. The second-order valence-corrected chi connectivity index (χ2v) is 7.71. The van der Waals surface area contributed by atoms with Crippen LogP contribution in [0.25, 0.3) is 0 Å². The number of rotatable bonds is 6. The summed E-state index contributed by atoms with van der Waals surface area (Å²) in [6.45, 7) is 5.74. The van der Waals surface area contributed by atoms with Crippen molar-refractivity contribution in [3.05, 3.63) is 39.3 Å². The van der Waals surface area contributed by atoms with E-state index in [1.807, 2.05) is 5.38 Å². The van der Waals surface area contributed by atoms with E-state index in [0.717, 1.165) is 10.7 Å². The Hall–Kier alpha value is -2.12. The Morgan fingerprint density at radius 2 is 2.08 bits per heavy atom. The molecule has 0 aliphatic carbocycles. The average molecular weight is 383 g/mol. The predicted molar refractivity (Wildman–Crippen MR) is 97.7 cm³/mol. The normalized spacial score (nSPS) is 11.2. The van der Waals surface area contributed by atoms with Gasteiger partial charge in [-0.15, -0.1) is 11.3 Å². The van der Waals surface area contributed by atoms with E-state index in [9.17, 15) is 9.59 Å². The lowest BCUT2D eigenvalue weighted by molar-refractivity contribution is -0.139. The minimum Gasteiger partial charge on any atom is -0.480 e.